The molecule has 0 saturated carbocycles. The van der Waals surface area contributed by atoms with Crippen LogP contribution in [-0.4, -0.2) is 31.3 Å². The molecule has 118 valence electrons. The van der Waals surface area contributed by atoms with Gasteiger partial charge < -0.3 is 15.0 Å². The third-order valence-corrected chi connectivity index (χ3v) is 4.01. The molecule has 0 fully saturated rings. The molecule has 1 unspecified atom stereocenters. The highest BCUT2D eigenvalue weighted by molar-refractivity contribution is 5.75. The largest absolute Gasteiger partial charge is 0.392 e. The number of likely N-dealkylation sites (N-methyl/N-ethyl adjacent to an activating group) is 1. The van der Waals surface area contributed by atoms with Crippen molar-refractivity contribution in [1.29, 1.82) is 0 Å². The average Bonchev–Trinajstić information content (AvgIpc) is 2.53. The van der Waals surface area contributed by atoms with Crippen molar-refractivity contribution in [3.63, 3.8) is 0 Å². The predicted octanol–water partition coefficient (Wildman–Crippen LogP) is 3.62. The third kappa shape index (κ3) is 4.10. The lowest BCUT2D eigenvalue weighted by Gasteiger charge is -2.29. The summed E-state index contributed by atoms with van der Waals surface area (Å²) in [5, 5.41) is 3.01. The van der Waals surface area contributed by atoms with Gasteiger partial charge in [-0.25, -0.2) is 0 Å². The topological polar surface area (TPSA) is 32.3 Å². The van der Waals surface area contributed by atoms with Crippen molar-refractivity contribution in [2.75, 3.05) is 14.1 Å². The van der Waals surface area contributed by atoms with Crippen LogP contribution in [0.5, 0.6) is 0 Å². The van der Waals surface area contributed by atoms with E-state index in [2.05, 4.69) is 25.1 Å². The number of aryl methyl sites for hydroxylation is 1. The smallest absolute Gasteiger partial charge is 0.142 e. The molecule has 0 saturated heterocycles. The normalized spacial score (nSPS) is 11.4. The number of nitrogens with one attached hydrogen (secondary N) is 1. The second kappa shape index (κ2) is 8.23. The first kappa shape index (κ1) is 17.8. The Labute approximate surface area is 134 Å². The van der Waals surface area contributed by atoms with E-state index in [1.807, 2.05) is 50.2 Å². The first-order chi connectivity index (χ1) is 10.5. The van der Waals surface area contributed by atoms with E-state index in [9.17, 15) is 4.79 Å². The second-order valence-electron chi connectivity index (χ2n) is 5.39. The van der Waals surface area contributed by atoms with Crippen LogP contribution in [0.4, 0.5) is 0 Å². The lowest BCUT2D eigenvalue weighted by molar-refractivity contribution is -0.111. The Kier molecular flexibility index (Phi) is 6.64. The molecule has 1 N–H and O–H groups in total. The number of rotatable bonds is 9. The second-order valence-corrected chi connectivity index (χ2v) is 5.39. The zero-order valence-corrected chi connectivity index (χ0v) is 13.9. The molecular weight excluding hydrogens is 272 g/mol. The Morgan fingerprint density at radius 3 is 2.64 bits per heavy atom. The molecule has 0 amide bonds. The zero-order chi connectivity index (χ0) is 16.7. The van der Waals surface area contributed by atoms with E-state index in [1.165, 1.54) is 0 Å². The van der Waals surface area contributed by atoms with Crippen LogP contribution in [-0.2, 0) is 4.79 Å². The summed E-state index contributed by atoms with van der Waals surface area (Å²) in [5.41, 5.74) is 4.97. The van der Waals surface area contributed by atoms with E-state index in [4.69, 9.17) is 0 Å². The molecule has 0 spiro atoms. The number of hydrogen-bond acceptors (Lipinski definition) is 3. The van der Waals surface area contributed by atoms with Gasteiger partial charge in [-0.05, 0) is 30.9 Å². The van der Waals surface area contributed by atoms with Crippen molar-refractivity contribution in [2.45, 2.75) is 25.8 Å². The number of carbonyl (C=O) groups excluding carboxylic acids is 1. The molecule has 0 aliphatic heterocycles. The Morgan fingerprint density at radius 2 is 2.09 bits per heavy atom. The van der Waals surface area contributed by atoms with Crippen molar-refractivity contribution in [3.8, 4) is 0 Å². The molecular formula is C19H26N2O. The fraction of sp³-hybridized carbons (Fsp3) is 0.316. The highest BCUT2D eigenvalue weighted by Gasteiger charge is 2.18. The molecule has 0 radical (unpaired) electrons. The fourth-order valence-corrected chi connectivity index (χ4v) is 2.39. The van der Waals surface area contributed by atoms with Crippen molar-refractivity contribution in [1.82, 2.24) is 10.2 Å². The van der Waals surface area contributed by atoms with Crippen molar-refractivity contribution >= 4 is 18.1 Å². The van der Waals surface area contributed by atoms with Crippen LogP contribution in [0, 0.1) is 6.92 Å². The van der Waals surface area contributed by atoms with Gasteiger partial charge in [0.2, 0.25) is 0 Å². The monoisotopic (exact) mass is 298 g/mol. The summed E-state index contributed by atoms with van der Waals surface area (Å²) in [6, 6.07) is 5.82. The molecule has 0 aliphatic rings. The average molecular weight is 298 g/mol. The van der Waals surface area contributed by atoms with Crippen LogP contribution in [0.2, 0.25) is 0 Å². The van der Waals surface area contributed by atoms with Gasteiger partial charge in [0.05, 0.1) is 6.04 Å². The number of nitrogens with zero attached hydrogens (tertiary/aromatic N) is 1. The Morgan fingerprint density at radius 1 is 1.41 bits per heavy atom. The number of benzene rings is 1. The van der Waals surface area contributed by atoms with Crippen LogP contribution in [0.1, 0.15) is 29.5 Å². The number of carbonyl (C=O) groups is 1. The first-order valence-corrected chi connectivity index (χ1v) is 7.41. The lowest BCUT2D eigenvalue weighted by atomic mass is 9.98. The van der Waals surface area contributed by atoms with Crippen molar-refractivity contribution < 1.29 is 4.79 Å². The van der Waals surface area contributed by atoms with Crippen LogP contribution >= 0.6 is 0 Å². The molecule has 0 heterocycles. The summed E-state index contributed by atoms with van der Waals surface area (Å²) in [7, 11) is 3.74. The van der Waals surface area contributed by atoms with E-state index in [1.54, 1.807) is 0 Å². The fourth-order valence-electron chi connectivity index (χ4n) is 2.39. The van der Waals surface area contributed by atoms with E-state index in [-0.39, 0.29) is 6.04 Å². The lowest BCUT2D eigenvalue weighted by Crippen LogP contribution is -2.32. The Bertz CT molecular complexity index is 575. The molecule has 1 aromatic carbocycles. The predicted molar refractivity (Wildman–Crippen MR) is 95.4 cm³/mol. The van der Waals surface area contributed by atoms with Gasteiger partial charge in [0, 0.05) is 31.1 Å². The van der Waals surface area contributed by atoms with E-state index >= 15 is 0 Å². The van der Waals surface area contributed by atoms with Crippen molar-refractivity contribution in [2.24, 2.45) is 0 Å². The minimum Gasteiger partial charge on any atom is -0.392 e. The van der Waals surface area contributed by atoms with Gasteiger partial charge in [0.25, 0.3) is 0 Å². The summed E-state index contributed by atoms with van der Waals surface area (Å²) < 4.78 is 0. The summed E-state index contributed by atoms with van der Waals surface area (Å²) >= 11 is 0. The maximum absolute atomic E-state index is 11.5. The van der Waals surface area contributed by atoms with E-state index in [0.29, 0.717) is 6.42 Å². The third-order valence-electron chi connectivity index (χ3n) is 4.01. The first-order valence-electron chi connectivity index (χ1n) is 7.41. The molecule has 0 aliphatic carbocycles. The molecule has 3 heteroatoms. The highest BCUT2D eigenvalue weighted by Crippen LogP contribution is 2.26. The van der Waals surface area contributed by atoms with Gasteiger partial charge in [-0.15, -0.1) is 0 Å². The van der Waals surface area contributed by atoms with E-state index < -0.39 is 0 Å². The number of aldehydes is 1. The summed E-state index contributed by atoms with van der Waals surface area (Å²) in [5.74, 6) is 0. The molecule has 1 aromatic rings. The van der Waals surface area contributed by atoms with Crippen LogP contribution < -0.4 is 5.32 Å². The minimum absolute atomic E-state index is 0.226. The van der Waals surface area contributed by atoms with Gasteiger partial charge in [-0.1, -0.05) is 44.0 Å². The Balaban J connectivity index is 2.95. The SMILES string of the molecule is C=Cc1c(C)cccc1C(=C)N(C)C(C=O)CCC(=C)NC. The highest BCUT2D eigenvalue weighted by atomic mass is 16.1. The number of hydrogen-bond donors (Lipinski definition) is 1. The summed E-state index contributed by atoms with van der Waals surface area (Å²) in [4.78, 5) is 13.4. The van der Waals surface area contributed by atoms with Crippen LogP contribution in [0.15, 0.2) is 43.6 Å². The quantitative estimate of drug-likeness (QED) is 0.707. The zero-order valence-electron chi connectivity index (χ0n) is 13.9. The standard InChI is InChI=1S/C19H26N2O/c1-7-18-14(2)9-8-10-19(18)16(4)21(6)17(13-22)12-11-15(3)20-5/h7-10,13,17,20H,1,3-4,11-12H2,2,5-6H3. The molecule has 3 nitrogen and oxygen atoms in total. The van der Waals surface area contributed by atoms with Gasteiger partial charge in [-0.3, -0.25) is 0 Å². The maximum Gasteiger partial charge on any atom is 0.142 e. The van der Waals surface area contributed by atoms with Crippen molar-refractivity contribution in [3.05, 3.63) is 60.3 Å². The summed E-state index contributed by atoms with van der Waals surface area (Å²) in [6.45, 7) is 14.0. The van der Waals surface area contributed by atoms with Gasteiger partial charge >= 0.3 is 0 Å². The molecule has 0 aromatic heterocycles. The van der Waals surface area contributed by atoms with Crippen LogP contribution in [0.3, 0.4) is 0 Å². The van der Waals surface area contributed by atoms with Gasteiger partial charge in [0.15, 0.2) is 0 Å². The van der Waals surface area contributed by atoms with E-state index in [0.717, 1.165) is 40.8 Å². The molecule has 1 rings (SSSR count). The van der Waals surface area contributed by atoms with Gasteiger partial charge in [-0.2, -0.15) is 0 Å². The molecule has 0 bridgehead atoms. The molecule has 1 atom stereocenters. The number of allylic oxidation sites excluding steroid dienone is 1. The van der Waals surface area contributed by atoms with Crippen LogP contribution in [0.25, 0.3) is 11.8 Å². The Hall–Kier alpha value is -2.29. The molecule has 22 heavy (non-hydrogen) atoms. The summed E-state index contributed by atoms with van der Waals surface area (Å²) in [6.07, 6.45) is 4.26. The minimum atomic E-state index is -0.226. The van der Waals surface area contributed by atoms with Gasteiger partial charge in [0.1, 0.15) is 6.29 Å². The maximum atomic E-state index is 11.5.